The largest absolute Gasteiger partial charge is 0.495 e. The Morgan fingerprint density at radius 1 is 1.22 bits per heavy atom. The minimum absolute atomic E-state index is 0.149. The Labute approximate surface area is 134 Å². The Balaban J connectivity index is 2.14. The van der Waals surface area contributed by atoms with Gasteiger partial charge in [-0.05, 0) is 30.3 Å². The predicted octanol–water partition coefficient (Wildman–Crippen LogP) is 1.71. The molecule has 1 unspecified atom stereocenters. The van der Waals surface area contributed by atoms with Gasteiger partial charge in [-0.3, -0.25) is 4.79 Å². The third kappa shape index (κ3) is 4.70. The van der Waals surface area contributed by atoms with Gasteiger partial charge < -0.3 is 25.6 Å². The van der Waals surface area contributed by atoms with E-state index in [1.165, 1.54) is 7.11 Å². The molecular formula is C17H20N2O4. The van der Waals surface area contributed by atoms with Gasteiger partial charge in [0, 0.05) is 17.8 Å². The van der Waals surface area contributed by atoms with E-state index in [0.29, 0.717) is 22.7 Å². The van der Waals surface area contributed by atoms with Crippen LogP contribution < -0.4 is 15.4 Å². The van der Waals surface area contributed by atoms with Crippen molar-refractivity contribution in [3.05, 3.63) is 54.1 Å². The Hall–Kier alpha value is -2.57. The highest BCUT2D eigenvalue weighted by Gasteiger charge is 2.11. The van der Waals surface area contributed by atoms with Gasteiger partial charge in [-0.25, -0.2) is 0 Å². The lowest BCUT2D eigenvalue weighted by molar-refractivity contribution is 0.102. The summed E-state index contributed by atoms with van der Waals surface area (Å²) < 4.78 is 5.23. The first-order valence-electron chi connectivity index (χ1n) is 7.21. The lowest BCUT2D eigenvalue weighted by atomic mass is 10.1. The number of nitrogens with one attached hydrogen (secondary N) is 2. The van der Waals surface area contributed by atoms with E-state index in [4.69, 9.17) is 9.84 Å². The molecule has 0 heterocycles. The first-order valence-corrected chi connectivity index (χ1v) is 7.21. The van der Waals surface area contributed by atoms with Crippen LogP contribution in [0, 0.1) is 0 Å². The SMILES string of the molecule is COc1ccc(C(=O)Nc2ccccc2)cc1NCC(O)CO. The Morgan fingerprint density at radius 2 is 1.96 bits per heavy atom. The van der Waals surface area contributed by atoms with Crippen molar-refractivity contribution < 1.29 is 19.7 Å². The van der Waals surface area contributed by atoms with Crippen molar-refractivity contribution in [2.75, 3.05) is 30.9 Å². The molecule has 0 aromatic heterocycles. The van der Waals surface area contributed by atoms with Crippen LogP contribution in [0.4, 0.5) is 11.4 Å². The van der Waals surface area contributed by atoms with Crippen molar-refractivity contribution in [1.29, 1.82) is 0 Å². The number of carbonyl (C=O) groups is 1. The van der Waals surface area contributed by atoms with Crippen LogP contribution in [0.25, 0.3) is 0 Å². The highest BCUT2D eigenvalue weighted by atomic mass is 16.5. The van der Waals surface area contributed by atoms with Crippen molar-refractivity contribution in [1.82, 2.24) is 0 Å². The summed E-state index contributed by atoms with van der Waals surface area (Å²) in [5.74, 6) is 0.302. The molecule has 2 aromatic carbocycles. The lowest BCUT2D eigenvalue weighted by Gasteiger charge is -2.15. The van der Waals surface area contributed by atoms with Crippen LogP contribution in [0.3, 0.4) is 0 Å². The fourth-order valence-electron chi connectivity index (χ4n) is 2.00. The van der Waals surface area contributed by atoms with Crippen LogP contribution in [0.15, 0.2) is 48.5 Å². The fourth-order valence-corrected chi connectivity index (χ4v) is 2.00. The van der Waals surface area contributed by atoms with Gasteiger partial charge in [0.25, 0.3) is 5.91 Å². The molecule has 2 aromatic rings. The van der Waals surface area contributed by atoms with Gasteiger partial charge >= 0.3 is 0 Å². The number of benzene rings is 2. The van der Waals surface area contributed by atoms with Crippen molar-refractivity contribution in [3.63, 3.8) is 0 Å². The normalized spacial score (nSPS) is 11.6. The summed E-state index contributed by atoms with van der Waals surface area (Å²) in [4.78, 5) is 12.3. The molecule has 0 aliphatic rings. The maximum atomic E-state index is 12.3. The molecule has 1 atom stereocenters. The van der Waals surface area contributed by atoms with Gasteiger partial charge in [-0.15, -0.1) is 0 Å². The van der Waals surface area contributed by atoms with Crippen LogP contribution in [-0.2, 0) is 0 Å². The molecule has 0 saturated carbocycles. The summed E-state index contributed by atoms with van der Waals surface area (Å²) in [6.45, 7) is -0.194. The van der Waals surface area contributed by atoms with Gasteiger partial charge in [0.1, 0.15) is 5.75 Å². The van der Waals surface area contributed by atoms with Crippen molar-refractivity contribution >= 4 is 17.3 Å². The third-order valence-electron chi connectivity index (χ3n) is 3.23. The number of ether oxygens (including phenoxy) is 1. The van der Waals surface area contributed by atoms with E-state index in [1.807, 2.05) is 18.2 Å². The minimum Gasteiger partial charge on any atom is -0.495 e. The van der Waals surface area contributed by atoms with E-state index in [2.05, 4.69) is 10.6 Å². The van der Waals surface area contributed by atoms with E-state index in [-0.39, 0.29) is 19.1 Å². The molecule has 1 amide bonds. The van der Waals surface area contributed by atoms with Gasteiger partial charge in [0.15, 0.2) is 0 Å². The molecule has 6 nitrogen and oxygen atoms in total. The Morgan fingerprint density at radius 3 is 2.61 bits per heavy atom. The zero-order valence-corrected chi connectivity index (χ0v) is 12.8. The summed E-state index contributed by atoms with van der Waals surface area (Å²) >= 11 is 0. The van der Waals surface area contributed by atoms with Gasteiger partial charge in [-0.2, -0.15) is 0 Å². The van der Waals surface area contributed by atoms with Crippen molar-refractivity contribution in [2.24, 2.45) is 0 Å². The number of anilines is 2. The number of rotatable bonds is 7. The number of hydrogen-bond acceptors (Lipinski definition) is 5. The highest BCUT2D eigenvalue weighted by Crippen LogP contribution is 2.26. The van der Waals surface area contributed by atoms with Gasteiger partial charge in [0.05, 0.1) is 25.5 Å². The summed E-state index contributed by atoms with van der Waals surface area (Å²) in [7, 11) is 1.52. The molecule has 0 radical (unpaired) electrons. The summed E-state index contributed by atoms with van der Waals surface area (Å²) in [5.41, 5.74) is 1.73. The van der Waals surface area contributed by atoms with E-state index in [0.717, 1.165) is 0 Å². The maximum Gasteiger partial charge on any atom is 0.255 e. The average Bonchev–Trinajstić information content (AvgIpc) is 2.60. The molecule has 23 heavy (non-hydrogen) atoms. The van der Waals surface area contributed by atoms with E-state index in [9.17, 15) is 9.90 Å². The van der Waals surface area contributed by atoms with E-state index < -0.39 is 6.10 Å². The molecule has 0 bridgehead atoms. The number of hydrogen-bond donors (Lipinski definition) is 4. The first-order chi connectivity index (χ1) is 11.1. The molecule has 4 N–H and O–H groups in total. The molecule has 0 fully saturated rings. The Kier molecular flexibility index (Phi) is 5.96. The molecule has 6 heteroatoms. The summed E-state index contributed by atoms with van der Waals surface area (Å²) in [5, 5.41) is 24.0. The number of amides is 1. The zero-order valence-electron chi connectivity index (χ0n) is 12.8. The summed E-state index contributed by atoms with van der Waals surface area (Å²) in [6, 6.07) is 14.1. The molecule has 2 rings (SSSR count). The minimum atomic E-state index is -0.887. The third-order valence-corrected chi connectivity index (χ3v) is 3.23. The van der Waals surface area contributed by atoms with Crippen LogP contribution in [-0.4, -0.2) is 42.5 Å². The lowest BCUT2D eigenvalue weighted by Crippen LogP contribution is -2.23. The number of carbonyl (C=O) groups excluding carboxylic acids is 1. The zero-order chi connectivity index (χ0) is 16.7. The van der Waals surface area contributed by atoms with Crippen LogP contribution in [0.1, 0.15) is 10.4 Å². The highest BCUT2D eigenvalue weighted by molar-refractivity contribution is 6.05. The standard InChI is InChI=1S/C17H20N2O4/c1-23-16-8-7-12(9-15(16)18-10-14(21)11-20)17(22)19-13-5-3-2-4-6-13/h2-9,14,18,20-21H,10-11H2,1H3,(H,19,22). The topological polar surface area (TPSA) is 90.8 Å². The first kappa shape index (κ1) is 16.8. The molecule has 0 saturated heterocycles. The van der Waals surface area contributed by atoms with Crippen LogP contribution in [0.2, 0.25) is 0 Å². The van der Waals surface area contributed by atoms with Crippen LogP contribution in [0.5, 0.6) is 5.75 Å². The van der Waals surface area contributed by atoms with E-state index >= 15 is 0 Å². The second-order valence-corrected chi connectivity index (χ2v) is 4.95. The molecule has 0 aliphatic carbocycles. The number of methoxy groups -OCH3 is 1. The van der Waals surface area contributed by atoms with Gasteiger partial charge in [-0.1, -0.05) is 18.2 Å². The quantitative estimate of drug-likeness (QED) is 0.624. The van der Waals surface area contributed by atoms with E-state index in [1.54, 1.807) is 30.3 Å². The fraction of sp³-hybridized carbons (Fsp3) is 0.235. The second kappa shape index (κ2) is 8.17. The maximum absolute atomic E-state index is 12.3. The smallest absolute Gasteiger partial charge is 0.255 e. The number of para-hydroxylation sites is 1. The molecule has 0 aliphatic heterocycles. The second-order valence-electron chi connectivity index (χ2n) is 4.95. The average molecular weight is 316 g/mol. The van der Waals surface area contributed by atoms with Crippen molar-refractivity contribution in [2.45, 2.75) is 6.10 Å². The van der Waals surface area contributed by atoms with Crippen LogP contribution >= 0.6 is 0 Å². The molecular weight excluding hydrogens is 296 g/mol. The Bertz CT molecular complexity index is 646. The summed E-state index contributed by atoms with van der Waals surface area (Å²) in [6.07, 6.45) is -0.887. The molecule has 122 valence electrons. The predicted molar refractivity (Wildman–Crippen MR) is 89.0 cm³/mol. The number of aliphatic hydroxyl groups is 2. The molecule has 0 spiro atoms. The van der Waals surface area contributed by atoms with Gasteiger partial charge in [0.2, 0.25) is 0 Å². The number of aliphatic hydroxyl groups excluding tert-OH is 2. The van der Waals surface area contributed by atoms with Crippen molar-refractivity contribution in [3.8, 4) is 5.75 Å². The monoisotopic (exact) mass is 316 g/mol.